The fourth-order valence-corrected chi connectivity index (χ4v) is 3.71. The van der Waals surface area contributed by atoms with Gasteiger partial charge in [0.05, 0.1) is 0 Å². The van der Waals surface area contributed by atoms with Gasteiger partial charge in [-0.2, -0.15) is 0 Å². The van der Waals surface area contributed by atoms with Crippen molar-refractivity contribution in [1.82, 2.24) is 15.1 Å². The van der Waals surface area contributed by atoms with Crippen LogP contribution < -0.4 is 5.32 Å². The molecule has 1 aromatic heterocycles. The van der Waals surface area contributed by atoms with Crippen LogP contribution in [0.15, 0.2) is 17.5 Å². The Hall–Kier alpha value is -0.420. The molecule has 0 spiro atoms. The largest absolute Gasteiger partial charge is 0.310 e. The van der Waals surface area contributed by atoms with Crippen molar-refractivity contribution in [3.63, 3.8) is 0 Å². The van der Waals surface area contributed by atoms with Gasteiger partial charge in [-0.15, -0.1) is 11.3 Å². The predicted molar refractivity (Wildman–Crippen MR) is 88.3 cm³/mol. The minimum Gasteiger partial charge on any atom is -0.310 e. The Bertz CT molecular complexity index is 356. The quantitative estimate of drug-likeness (QED) is 0.834. The fraction of sp³-hybridized carbons (Fsp3) is 0.750. The topological polar surface area (TPSA) is 18.5 Å². The van der Waals surface area contributed by atoms with Crippen LogP contribution in [-0.2, 0) is 6.54 Å². The number of likely N-dealkylation sites (tertiary alicyclic amines) is 1. The van der Waals surface area contributed by atoms with E-state index >= 15 is 0 Å². The summed E-state index contributed by atoms with van der Waals surface area (Å²) in [5.74, 6) is 0.896. The number of nitrogens with zero attached hydrogens (tertiary/aromatic N) is 2. The van der Waals surface area contributed by atoms with E-state index < -0.39 is 0 Å². The summed E-state index contributed by atoms with van der Waals surface area (Å²) in [7, 11) is 4.37. The van der Waals surface area contributed by atoms with E-state index in [1.165, 1.54) is 37.4 Å². The first-order chi connectivity index (χ1) is 9.65. The number of rotatable bonds is 7. The maximum absolute atomic E-state index is 3.59. The van der Waals surface area contributed by atoms with Gasteiger partial charge in [0.25, 0.3) is 0 Å². The molecule has 0 bridgehead atoms. The highest BCUT2D eigenvalue weighted by atomic mass is 32.1. The van der Waals surface area contributed by atoms with Crippen LogP contribution in [0.3, 0.4) is 0 Å². The molecule has 4 heteroatoms. The Balaban J connectivity index is 1.63. The standard InChI is InChI=1S/C16H29N3S/c1-14(11-17-12-16-5-4-10-20-16)19-8-6-15(7-9-19)13-18(2)3/h4-5,10,14-15,17H,6-9,11-13H2,1-3H3. The third kappa shape index (κ3) is 5.17. The number of piperidine rings is 1. The summed E-state index contributed by atoms with van der Waals surface area (Å²) >= 11 is 1.84. The molecule has 20 heavy (non-hydrogen) atoms. The number of hydrogen-bond acceptors (Lipinski definition) is 4. The second-order valence-electron chi connectivity index (χ2n) is 6.30. The monoisotopic (exact) mass is 295 g/mol. The van der Waals surface area contributed by atoms with E-state index in [4.69, 9.17) is 0 Å². The lowest BCUT2D eigenvalue weighted by Crippen LogP contribution is -2.45. The predicted octanol–water partition coefficient (Wildman–Crippen LogP) is 2.50. The van der Waals surface area contributed by atoms with E-state index in [1.54, 1.807) is 0 Å². The van der Waals surface area contributed by atoms with Crippen LogP contribution in [-0.4, -0.2) is 56.1 Å². The van der Waals surface area contributed by atoms with Crippen molar-refractivity contribution in [2.45, 2.75) is 32.4 Å². The van der Waals surface area contributed by atoms with E-state index in [0.717, 1.165) is 19.0 Å². The third-order valence-corrected chi connectivity index (χ3v) is 5.09. The second kappa shape index (κ2) is 8.13. The molecule has 1 unspecified atom stereocenters. The lowest BCUT2D eigenvalue weighted by Gasteiger charge is -2.37. The van der Waals surface area contributed by atoms with Crippen molar-refractivity contribution >= 4 is 11.3 Å². The van der Waals surface area contributed by atoms with Gasteiger partial charge in [0.2, 0.25) is 0 Å². The molecule has 1 N–H and O–H groups in total. The first-order valence-electron chi connectivity index (χ1n) is 7.77. The van der Waals surface area contributed by atoms with Crippen LogP contribution in [0.4, 0.5) is 0 Å². The molecular formula is C16H29N3S. The fourth-order valence-electron chi connectivity index (χ4n) is 3.04. The summed E-state index contributed by atoms with van der Waals surface area (Å²) in [6.07, 6.45) is 2.71. The lowest BCUT2D eigenvalue weighted by molar-refractivity contribution is 0.126. The third-order valence-electron chi connectivity index (χ3n) is 4.21. The lowest BCUT2D eigenvalue weighted by atomic mass is 9.95. The van der Waals surface area contributed by atoms with Crippen LogP contribution in [0.2, 0.25) is 0 Å². The zero-order valence-electron chi connectivity index (χ0n) is 13.1. The Labute approximate surface area is 128 Å². The zero-order valence-corrected chi connectivity index (χ0v) is 14.0. The molecule has 2 rings (SSSR count). The van der Waals surface area contributed by atoms with E-state index in [9.17, 15) is 0 Å². The highest BCUT2D eigenvalue weighted by Crippen LogP contribution is 2.19. The molecule has 1 aliphatic heterocycles. The van der Waals surface area contributed by atoms with Gasteiger partial charge in [-0.25, -0.2) is 0 Å². The Morgan fingerprint density at radius 1 is 1.40 bits per heavy atom. The molecule has 1 aliphatic rings. The van der Waals surface area contributed by atoms with Gasteiger partial charge in [0, 0.05) is 30.6 Å². The number of nitrogens with one attached hydrogen (secondary N) is 1. The molecule has 1 atom stereocenters. The van der Waals surface area contributed by atoms with Crippen LogP contribution >= 0.6 is 11.3 Å². The molecule has 0 amide bonds. The molecule has 1 aromatic rings. The molecule has 1 saturated heterocycles. The molecule has 0 aliphatic carbocycles. The SMILES string of the molecule is CC(CNCc1cccs1)N1CCC(CN(C)C)CC1. The van der Waals surface area contributed by atoms with Crippen molar-refractivity contribution in [1.29, 1.82) is 0 Å². The van der Waals surface area contributed by atoms with E-state index in [-0.39, 0.29) is 0 Å². The van der Waals surface area contributed by atoms with Gasteiger partial charge in [-0.3, -0.25) is 4.90 Å². The molecule has 3 nitrogen and oxygen atoms in total. The van der Waals surface area contributed by atoms with Gasteiger partial charge in [0.1, 0.15) is 0 Å². The Kier molecular flexibility index (Phi) is 6.49. The molecule has 0 aromatic carbocycles. The summed E-state index contributed by atoms with van der Waals surface area (Å²) in [5.41, 5.74) is 0. The Morgan fingerprint density at radius 3 is 2.75 bits per heavy atom. The van der Waals surface area contributed by atoms with Gasteiger partial charge < -0.3 is 10.2 Å². The number of hydrogen-bond donors (Lipinski definition) is 1. The van der Waals surface area contributed by atoms with Gasteiger partial charge in [-0.05, 0) is 64.3 Å². The molecule has 1 fully saturated rings. The van der Waals surface area contributed by atoms with Crippen LogP contribution in [0.25, 0.3) is 0 Å². The minimum atomic E-state index is 0.648. The summed E-state index contributed by atoms with van der Waals surface area (Å²) in [5, 5.41) is 5.74. The Morgan fingerprint density at radius 2 is 2.15 bits per heavy atom. The van der Waals surface area contributed by atoms with Crippen molar-refractivity contribution < 1.29 is 0 Å². The first kappa shape index (κ1) is 16.0. The highest BCUT2D eigenvalue weighted by Gasteiger charge is 2.22. The molecule has 0 radical (unpaired) electrons. The van der Waals surface area contributed by atoms with Crippen LogP contribution in [0.1, 0.15) is 24.6 Å². The van der Waals surface area contributed by atoms with Crippen molar-refractivity contribution in [2.75, 3.05) is 40.3 Å². The summed E-state index contributed by atoms with van der Waals surface area (Å²) in [4.78, 5) is 6.40. The van der Waals surface area contributed by atoms with E-state index in [2.05, 4.69) is 53.6 Å². The van der Waals surface area contributed by atoms with Crippen molar-refractivity contribution in [2.24, 2.45) is 5.92 Å². The zero-order chi connectivity index (χ0) is 14.4. The normalized spacial score (nSPS) is 19.6. The molecule has 2 heterocycles. The average molecular weight is 295 g/mol. The van der Waals surface area contributed by atoms with E-state index in [1.807, 2.05) is 11.3 Å². The summed E-state index contributed by atoms with van der Waals surface area (Å²) in [6, 6.07) is 4.98. The summed E-state index contributed by atoms with van der Waals surface area (Å²) in [6.45, 7) is 8.24. The highest BCUT2D eigenvalue weighted by molar-refractivity contribution is 7.09. The molecule has 114 valence electrons. The van der Waals surface area contributed by atoms with Crippen molar-refractivity contribution in [3.05, 3.63) is 22.4 Å². The maximum Gasteiger partial charge on any atom is 0.0300 e. The smallest absolute Gasteiger partial charge is 0.0300 e. The van der Waals surface area contributed by atoms with Gasteiger partial charge >= 0.3 is 0 Å². The van der Waals surface area contributed by atoms with Gasteiger partial charge in [0.15, 0.2) is 0 Å². The minimum absolute atomic E-state index is 0.648. The average Bonchev–Trinajstić information content (AvgIpc) is 2.92. The summed E-state index contributed by atoms with van der Waals surface area (Å²) < 4.78 is 0. The van der Waals surface area contributed by atoms with E-state index in [0.29, 0.717) is 6.04 Å². The number of thiophene rings is 1. The van der Waals surface area contributed by atoms with Crippen molar-refractivity contribution in [3.8, 4) is 0 Å². The first-order valence-corrected chi connectivity index (χ1v) is 8.65. The second-order valence-corrected chi connectivity index (χ2v) is 7.33. The maximum atomic E-state index is 3.59. The van der Waals surface area contributed by atoms with Crippen LogP contribution in [0, 0.1) is 5.92 Å². The van der Waals surface area contributed by atoms with Crippen LogP contribution in [0.5, 0.6) is 0 Å². The van der Waals surface area contributed by atoms with Gasteiger partial charge in [-0.1, -0.05) is 6.07 Å². The molecule has 0 saturated carbocycles. The molecular weight excluding hydrogens is 266 g/mol.